The lowest BCUT2D eigenvalue weighted by atomic mass is 10.1. The van der Waals surface area contributed by atoms with E-state index < -0.39 is 28.8 Å². The van der Waals surface area contributed by atoms with Crippen molar-refractivity contribution in [3.05, 3.63) is 81.8 Å². The topological polar surface area (TPSA) is 116 Å². The lowest BCUT2D eigenvalue weighted by molar-refractivity contribution is -0.137. The van der Waals surface area contributed by atoms with Gasteiger partial charge in [0.2, 0.25) is 5.88 Å². The molecule has 0 saturated carbocycles. The van der Waals surface area contributed by atoms with Gasteiger partial charge in [-0.1, -0.05) is 12.1 Å². The summed E-state index contributed by atoms with van der Waals surface area (Å²) in [5.74, 6) is -1.27. The summed E-state index contributed by atoms with van der Waals surface area (Å²) in [6.45, 7) is 3.66. The second kappa shape index (κ2) is 9.62. The van der Waals surface area contributed by atoms with E-state index in [0.717, 1.165) is 35.0 Å². The number of carbonyl (C=O) groups is 2. The molecule has 8 nitrogen and oxygen atoms in total. The molecule has 5 rings (SSSR count). The fourth-order valence-electron chi connectivity index (χ4n) is 4.26. The Morgan fingerprint density at radius 1 is 0.949 bits per heavy atom. The van der Waals surface area contributed by atoms with Crippen LogP contribution in [0.15, 0.2) is 69.7 Å². The van der Waals surface area contributed by atoms with Crippen molar-refractivity contribution in [3.8, 4) is 17.3 Å². The molecular weight excluding hydrogens is 533 g/mol. The molecule has 3 N–H and O–H groups in total. The number of rotatable bonds is 4. The van der Waals surface area contributed by atoms with E-state index in [2.05, 4.69) is 15.5 Å². The number of imide groups is 1. The number of nitrogens with zero attached hydrogens (tertiary/aromatic N) is 3. The Morgan fingerprint density at radius 2 is 1.67 bits per heavy atom. The van der Waals surface area contributed by atoms with E-state index in [1.807, 2.05) is 19.9 Å². The van der Waals surface area contributed by atoms with Crippen molar-refractivity contribution in [2.24, 2.45) is 10.2 Å². The first-order valence-corrected chi connectivity index (χ1v) is 12.3. The predicted molar refractivity (Wildman–Crippen MR) is 141 cm³/mol. The van der Waals surface area contributed by atoms with Gasteiger partial charge in [-0.2, -0.15) is 13.2 Å². The minimum atomic E-state index is -4.60. The number of aromatic nitrogens is 1. The average molecular weight is 553 g/mol. The highest BCUT2D eigenvalue weighted by atomic mass is 32.2. The third-order valence-electron chi connectivity index (χ3n) is 5.91. The van der Waals surface area contributed by atoms with Crippen LogP contribution in [0.25, 0.3) is 22.7 Å². The molecule has 1 aliphatic heterocycles. The molecule has 2 heterocycles. The molecule has 1 aliphatic rings. The van der Waals surface area contributed by atoms with Gasteiger partial charge >= 0.3 is 6.18 Å². The van der Waals surface area contributed by atoms with Crippen LogP contribution in [0.5, 0.6) is 11.6 Å². The molecule has 0 radical (unpaired) electrons. The number of azo groups is 1. The Bertz CT molecular complexity index is 1720. The van der Waals surface area contributed by atoms with Gasteiger partial charge in [0.1, 0.15) is 11.4 Å². The van der Waals surface area contributed by atoms with Crippen LogP contribution < -0.4 is 5.32 Å². The Hall–Kier alpha value is -4.58. The molecule has 12 heteroatoms. The summed E-state index contributed by atoms with van der Waals surface area (Å²) in [7, 11) is 0. The minimum absolute atomic E-state index is 0.00960. The normalized spacial score (nSPS) is 15.2. The minimum Gasteiger partial charge on any atom is -0.506 e. The van der Waals surface area contributed by atoms with Gasteiger partial charge in [-0.15, -0.1) is 10.2 Å². The summed E-state index contributed by atoms with van der Waals surface area (Å²) in [4.78, 5) is 23.3. The molecule has 39 heavy (non-hydrogen) atoms. The molecule has 1 saturated heterocycles. The van der Waals surface area contributed by atoms with Gasteiger partial charge in [0.05, 0.1) is 16.0 Å². The Kier molecular flexibility index (Phi) is 6.43. The number of aryl methyl sites for hydroxylation is 2. The van der Waals surface area contributed by atoms with Crippen LogP contribution >= 0.6 is 11.8 Å². The molecule has 3 aromatic carbocycles. The number of benzene rings is 3. The van der Waals surface area contributed by atoms with Gasteiger partial charge in [0.25, 0.3) is 11.1 Å². The molecule has 2 amide bonds. The van der Waals surface area contributed by atoms with E-state index in [-0.39, 0.29) is 32.9 Å². The number of hydrogen-bond acceptors (Lipinski definition) is 7. The van der Waals surface area contributed by atoms with Crippen molar-refractivity contribution in [1.82, 2.24) is 9.88 Å². The first-order chi connectivity index (χ1) is 18.4. The average Bonchev–Trinajstić information content (AvgIpc) is 3.30. The molecule has 0 unspecified atom stereocenters. The number of phenols is 1. The second-order valence-corrected chi connectivity index (χ2v) is 9.90. The zero-order valence-corrected chi connectivity index (χ0v) is 21.2. The van der Waals surface area contributed by atoms with Crippen molar-refractivity contribution < 1.29 is 33.0 Å². The van der Waals surface area contributed by atoms with Crippen LogP contribution in [0.1, 0.15) is 22.3 Å². The summed E-state index contributed by atoms with van der Waals surface area (Å²) in [5.41, 5.74) is 1.68. The van der Waals surface area contributed by atoms with E-state index >= 15 is 0 Å². The molecule has 4 aromatic rings. The van der Waals surface area contributed by atoms with Crippen molar-refractivity contribution in [3.63, 3.8) is 0 Å². The molecule has 1 fully saturated rings. The number of aromatic hydroxyl groups is 2. The first-order valence-electron chi connectivity index (χ1n) is 11.4. The predicted octanol–water partition coefficient (Wildman–Crippen LogP) is 7.42. The highest BCUT2D eigenvalue weighted by molar-refractivity contribution is 8.18. The molecule has 198 valence electrons. The number of hydrogen-bond donors (Lipinski definition) is 3. The van der Waals surface area contributed by atoms with E-state index in [0.29, 0.717) is 11.3 Å². The van der Waals surface area contributed by atoms with E-state index in [4.69, 9.17) is 0 Å². The van der Waals surface area contributed by atoms with Crippen molar-refractivity contribution in [2.45, 2.75) is 20.0 Å². The summed E-state index contributed by atoms with van der Waals surface area (Å²) in [5, 5.41) is 31.6. The number of fused-ring (bicyclic) bond motifs is 1. The molecule has 0 spiro atoms. The lowest BCUT2D eigenvalue weighted by Crippen LogP contribution is -2.17. The van der Waals surface area contributed by atoms with Gasteiger partial charge in [0, 0.05) is 11.1 Å². The van der Waals surface area contributed by atoms with Crippen LogP contribution in [-0.2, 0) is 11.0 Å². The van der Waals surface area contributed by atoms with Gasteiger partial charge in [-0.05, 0) is 90.8 Å². The first kappa shape index (κ1) is 26.0. The quantitative estimate of drug-likeness (QED) is 0.180. The maximum absolute atomic E-state index is 13.5. The molecule has 0 aliphatic carbocycles. The smallest absolute Gasteiger partial charge is 0.416 e. The lowest BCUT2D eigenvalue weighted by Gasteiger charge is -2.11. The zero-order valence-electron chi connectivity index (χ0n) is 20.4. The monoisotopic (exact) mass is 552 g/mol. The Balaban J connectivity index is 1.59. The SMILES string of the molecule is Cc1cc(C)cc(-n2c(O)c(N=Nc3ccc(/C=C4/SC(=O)NC4=O)cc3O)c3ccc(C(F)(F)F)cc32)c1. The second-order valence-electron chi connectivity index (χ2n) is 8.88. The van der Waals surface area contributed by atoms with Crippen LogP contribution in [-0.4, -0.2) is 25.9 Å². The number of amides is 2. The third-order valence-corrected chi connectivity index (χ3v) is 6.72. The standard InChI is InChI=1S/C27H19F3N4O4S/c1-13-7-14(2)9-17(8-13)34-20-12-16(27(28,29)30)4-5-18(20)23(25(34)37)33-32-19-6-3-15(10-21(19)35)11-22-24(36)31-26(38)39-22/h3-12,35,37H,1-2H3,(H,31,36,38)/b22-11+,33-32?. The molecular formula is C27H19F3N4O4S. The van der Waals surface area contributed by atoms with E-state index in [9.17, 15) is 33.0 Å². The van der Waals surface area contributed by atoms with Gasteiger partial charge in [-0.3, -0.25) is 19.5 Å². The van der Waals surface area contributed by atoms with Crippen LogP contribution in [0.3, 0.4) is 0 Å². The third kappa shape index (κ3) is 5.10. The summed E-state index contributed by atoms with van der Waals surface area (Å²) < 4.78 is 41.8. The van der Waals surface area contributed by atoms with Gasteiger partial charge in [-0.25, -0.2) is 0 Å². The number of carbonyl (C=O) groups excluding carboxylic acids is 2. The Labute approximate surface area is 223 Å². The largest absolute Gasteiger partial charge is 0.506 e. The van der Waals surface area contributed by atoms with E-state index in [1.165, 1.54) is 34.9 Å². The maximum Gasteiger partial charge on any atom is 0.416 e. The van der Waals surface area contributed by atoms with Crippen LogP contribution in [0.4, 0.5) is 29.3 Å². The van der Waals surface area contributed by atoms with Crippen LogP contribution in [0, 0.1) is 13.8 Å². The van der Waals surface area contributed by atoms with Gasteiger partial charge in [0.15, 0.2) is 5.69 Å². The highest BCUT2D eigenvalue weighted by Crippen LogP contribution is 2.44. The number of thioether (sulfide) groups is 1. The molecule has 0 bridgehead atoms. The molecule has 1 aromatic heterocycles. The fourth-order valence-corrected chi connectivity index (χ4v) is 4.95. The number of halogens is 3. The summed E-state index contributed by atoms with van der Waals surface area (Å²) in [6.07, 6.45) is -3.18. The molecule has 0 atom stereocenters. The zero-order chi connectivity index (χ0) is 28.1. The number of phenolic OH excluding ortho intramolecular Hbond substituents is 1. The highest BCUT2D eigenvalue weighted by Gasteiger charge is 2.32. The van der Waals surface area contributed by atoms with E-state index in [1.54, 1.807) is 12.1 Å². The van der Waals surface area contributed by atoms with Crippen molar-refractivity contribution >= 4 is 51.3 Å². The Morgan fingerprint density at radius 3 is 2.28 bits per heavy atom. The summed E-state index contributed by atoms with van der Waals surface area (Å²) >= 11 is 0.731. The van der Waals surface area contributed by atoms with Crippen molar-refractivity contribution in [2.75, 3.05) is 0 Å². The van der Waals surface area contributed by atoms with Crippen molar-refractivity contribution in [1.29, 1.82) is 0 Å². The van der Waals surface area contributed by atoms with Crippen LogP contribution in [0.2, 0.25) is 0 Å². The number of nitrogens with one attached hydrogen (secondary N) is 1. The summed E-state index contributed by atoms with van der Waals surface area (Å²) in [6, 6.07) is 12.6. The maximum atomic E-state index is 13.5. The fraction of sp³-hybridized carbons (Fsp3) is 0.111. The number of alkyl halides is 3. The van der Waals surface area contributed by atoms with Gasteiger partial charge < -0.3 is 10.2 Å².